The number of halogens is 4. The summed E-state index contributed by atoms with van der Waals surface area (Å²) in [6.45, 7) is 1.73. The number of anilines is 1. The zero-order chi connectivity index (χ0) is 23.8. The van der Waals surface area contributed by atoms with Crippen LogP contribution < -0.4 is 9.64 Å². The Bertz CT molecular complexity index is 1200. The van der Waals surface area contributed by atoms with Gasteiger partial charge in [-0.3, -0.25) is 9.78 Å². The van der Waals surface area contributed by atoms with E-state index in [0.29, 0.717) is 5.02 Å². The third kappa shape index (κ3) is 4.78. The van der Waals surface area contributed by atoms with E-state index in [2.05, 4.69) is 9.72 Å². The number of imide groups is 1. The quantitative estimate of drug-likeness (QED) is 0.447. The average Bonchev–Trinajstić information content (AvgIpc) is 2.97. The molecule has 170 valence electrons. The lowest BCUT2D eigenvalue weighted by Gasteiger charge is -2.21. The van der Waals surface area contributed by atoms with Gasteiger partial charge in [0.2, 0.25) is 0 Å². The van der Waals surface area contributed by atoms with E-state index in [1.807, 2.05) is 6.07 Å². The molecular weight excluding hydrogens is 459 g/mol. The van der Waals surface area contributed by atoms with Crippen LogP contribution in [0.3, 0.4) is 0 Å². The van der Waals surface area contributed by atoms with E-state index in [1.54, 1.807) is 43.6 Å². The maximum atomic E-state index is 13.1. The summed E-state index contributed by atoms with van der Waals surface area (Å²) < 4.78 is 41.0. The first-order valence-electron chi connectivity index (χ1n) is 9.83. The molecule has 1 aromatic heterocycles. The monoisotopic (exact) mass is 475 g/mol. The highest BCUT2D eigenvalue weighted by Gasteiger charge is 2.43. The lowest BCUT2D eigenvalue weighted by atomic mass is 10.0. The molecule has 33 heavy (non-hydrogen) atoms. The summed E-state index contributed by atoms with van der Waals surface area (Å²) in [6.07, 6.45) is -1.59. The van der Waals surface area contributed by atoms with Crippen molar-refractivity contribution in [1.29, 1.82) is 0 Å². The van der Waals surface area contributed by atoms with Crippen LogP contribution in [-0.4, -0.2) is 34.2 Å². The van der Waals surface area contributed by atoms with E-state index >= 15 is 0 Å². The summed E-state index contributed by atoms with van der Waals surface area (Å²) in [4.78, 5) is 32.5. The van der Waals surface area contributed by atoms with Crippen LogP contribution in [0.5, 0.6) is 5.75 Å². The number of aromatic nitrogens is 1. The van der Waals surface area contributed by atoms with Crippen molar-refractivity contribution >= 4 is 29.2 Å². The van der Waals surface area contributed by atoms with E-state index in [1.165, 1.54) is 17.0 Å². The van der Waals surface area contributed by atoms with E-state index in [4.69, 9.17) is 11.6 Å². The maximum Gasteiger partial charge on any atom is 0.573 e. The molecule has 2 heterocycles. The molecular formula is C23H17ClF3N3O3. The fraction of sp³-hybridized carbons (Fsp3) is 0.174. The Balaban J connectivity index is 1.59. The topological polar surface area (TPSA) is 62.7 Å². The standard InChI is InChI=1S/C23H17ClF3N3O3/c1-14-21(31)30(18-5-7-19(8-6-18)33-23(25,26)27)22(32)29(14)13-16-9-10-28-12-20(16)15-3-2-4-17(24)11-15/h2-12,14H,13H2,1H3. The molecule has 3 aromatic rings. The predicted molar refractivity (Wildman–Crippen MR) is 116 cm³/mol. The first kappa shape index (κ1) is 22.6. The first-order chi connectivity index (χ1) is 15.6. The van der Waals surface area contributed by atoms with E-state index in [0.717, 1.165) is 33.7 Å². The van der Waals surface area contributed by atoms with Crippen LogP contribution in [0.2, 0.25) is 5.02 Å². The number of ether oxygens (including phenoxy) is 1. The second kappa shape index (κ2) is 8.74. The van der Waals surface area contributed by atoms with Gasteiger partial charge < -0.3 is 9.64 Å². The number of carbonyl (C=O) groups is 2. The lowest BCUT2D eigenvalue weighted by molar-refractivity contribution is -0.274. The molecule has 0 spiro atoms. The number of benzene rings is 2. The number of hydrogen-bond donors (Lipinski definition) is 0. The van der Waals surface area contributed by atoms with Crippen molar-refractivity contribution in [2.45, 2.75) is 25.9 Å². The highest BCUT2D eigenvalue weighted by Crippen LogP contribution is 2.32. The number of amides is 3. The van der Waals surface area contributed by atoms with Crippen LogP contribution >= 0.6 is 11.6 Å². The van der Waals surface area contributed by atoms with Gasteiger partial charge in [0.1, 0.15) is 11.8 Å². The molecule has 1 saturated heterocycles. The van der Waals surface area contributed by atoms with Gasteiger partial charge in [-0.1, -0.05) is 23.7 Å². The summed E-state index contributed by atoms with van der Waals surface area (Å²) in [5, 5.41) is 0.548. The molecule has 0 radical (unpaired) electrons. The molecule has 0 N–H and O–H groups in total. The number of rotatable bonds is 5. The minimum absolute atomic E-state index is 0.127. The molecule has 2 aromatic carbocycles. The summed E-state index contributed by atoms with van der Waals surface area (Å²) in [5.41, 5.74) is 2.49. The van der Waals surface area contributed by atoms with Crippen molar-refractivity contribution in [1.82, 2.24) is 9.88 Å². The van der Waals surface area contributed by atoms with E-state index in [9.17, 15) is 22.8 Å². The van der Waals surface area contributed by atoms with Crippen molar-refractivity contribution in [2.24, 2.45) is 0 Å². The van der Waals surface area contributed by atoms with Gasteiger partial charge in [-0.05, 0) is 60.5 Å². The molecule has 0 bridgehead atoms. The number of nitrogens with zero attached hydrogens (tertiary/aromatic N) is 3. The lowest BCUT2D eigenvalue weighted by Crippen LogP contribution is -2.33. The van der Waals surface area contributed by atoms with Gasteiger partial charge in [-0.25, -0.2) is 9.69 Å². The molecule has 1 fully saturated rings. The highest BCUT2D eigenvalue weighted by atomic mass is 35.5. The number of alkyl halides is 3. The minimum Gasteiger partial charge on any atom is -0.406 e. The number of hydrogen-bond acceptors (Lipinski definition) is 4. The van der Waals surface area contributed by atoms with Crippen molar-refractivity contribution in [3.63, 3.8) is 0 Å². The number of urea groups is 1. The Morgan fingerprint density at radius 2 is 1.82 bits per heavy atom. The van der Waals surface area contributed by atoms with Gasteiger partial charge in [0.25, 0.3) is 5.91 Å². The molecule has 0 aliphatic carbocycles. The molecule has 6 nitrogen and oxygen atoms in total. The van der Waals surface area contributed by atoms with E-state index in [-0.39, 0.29) is 12.2 Å². The largest absolute Gasteiger partial charge is 0.573 e. The second-order valence-electron chi connectivity index (χ2n) is 7.34. The molecule has 1 aliphatic heterocycles. The van der Waals surface area contributed by atoms with E-state index < -0.39 is 30.1 Å². The third-order valence-corrected chi connectivity index (χ3v) is 5.43. The third-order valence-electron chi connectivity index (χ3n) is 5.20. The first-order valence-corrected chi connectivity index (χ1v) is 10.2. The van der Waals surface area contributed by atoms with Crippen molar-refractivity contribution in [3.8, 4) is 16.9 Å². The molecule has 0 saturated carbocycles. The predicted octanol–water partition coefficient (Wildman–Crippen LogP) is 5.66. The fourth-order valence-corrected chi connectivity index (χ4v) is 3.80. The SMILES string of the molecule is CC1C(=O)N(c2ccc(OC(F)(F)F)cc2)C(=O)N1Cc1ccncc1-c1cccc(Cl)c1. The molecule has 3 amide bonds. The summed E-state index contributed by atoms with van der Waals surface area (Å²) >= 11 is 6.11. The van der Waals surface area contributed by atoms with Crippen LogP contribution in [-0.2, 0) is 11.3 Å². The highest BCUT2D eigenvalue weighted by molar-refractivity contribution is 6.30. The van der Waals surface area contributed by atoms with Crippen molar-refractivity contribution in [3.05, 3.63) is 77.6 Å². The Morgan fingerprint density at radius 3 is 2.48 bits per heavy atom. The molecule has 10 heteroatoms. The number of pyridine rings is 1. The second-order valence-corrected chi connectivity index (χ2v) is 7.78. The number of carbonyl (C=O) groups excluding carboxylic acids is 2. The Kier molecular flexibility index (Phi) is 5.99. The van der Waals surface area contributed by atoms with Crippen LogP contribution in [0.4, 0.5) is 23.7 Å². The van der Waals surface area contributed by atoms with Crippen LogP contribution in [0.25, 0.3) is 11.1 Å². The van der Waals surface area contributed by atoms with Gasteiger partial charge in [-0.15, -0.1) is 13.2 Å². The summed E-state index contributed by atoms with van der Waals surface area (Å²) in [7, 11) is 0. The smallest absolute Gasteiger partial charge is 0.406 e. The zero-order valence-electron chi connectivity index (χ0n) is 17.2. The van der Waals surface area contributed by atoms with Gasteiger partial charge in [0.15, 0.2) is 0 Å². The average molecular weight is 476 g/mol. The molecule has 1 atom stereocenters. The Hall–Kier alpha value is -3.59. The minimum atomic E-state index is -4.84. The van der Waals surface area contributed by atoms with Crippen LogP contribution in [0.1, 0.15) is 12.5 Å². The summed E-state index contributed by atoms with van der Waals surface area (Å²) in [6, 6.07) is 12.2. The molecule has 1 aliphatic rings. The molecule has 4 rings (SSSR count). The molecule has 1 unspecified atom stereocenters. The normalized spacial score (nSPS) is 16.5. The Labute approximate surface area is 192 Å². The Morgan fingerprint density at radius 1 is 1.09 bits per heavy atom. The fourth-order valence-electron chi connectivity index (χ4n) is 3.61. The van der Waals surface area contributed by atoms with Crippen molar-refractivity contribution in [2.75, 3.05) is 4.90 Å². The zero-order valence-corrected chi connectivity index (χ0v) is 18.0. The maximum absolute atomic E-state index is 13.1. The van der Waals surface area contributed by atoms with Gasteiger partial charge >= 0.3 is 12.4 Å². The van der Waals surface area contributed by atoms with Gasteiger partial charge in [0, 0.05) is 29.5 Å². The van der Waals surface area contributed by atoms with Crippen LogP contribution in [0.15, 0.2) is 67.0 Å². The van der Waals surface area contributed by atoms with Gasteiger partial charge in [-0.2, -0.15) is 0 Å². The summed E-state index contributed by atoms with van der Waals surface area (Å²) in [5.74, 6) is -0.930. The van der Waals surface area contributed by atoms with Gasteiger partial charge in [0.05, 0.1) is 5.69 Å². The van der Waals surface area contributed by atoms with Crippen molar-refractivity contribution < 1.29 is 27.5 Å². The van der Waals surface area contributed by atoms with Crippen LogP contribution in [0, 0.1) is 0 Å².